The van der Waals surface area contributed by atoms with Crippen LogP contribution in [-0.4, -0.2) is 46.8 Å². The second kappa shape index (κ2) is 8.52. The zero-order chi connectivity index (χ0) is 23.2. The summed E-state index contributed by atoms with van der Waals surface area (Å²) in [5, 5.41) is 6.67. The molecule has 0 amide bonds. The lowest BCUT2D eigenvalue weighted by Crippen LogP contribution is -2.34. The average Bonchev–Trinajstić information content (AvgIpc) is 3.35. The largest absolute Gasteiger partial charge is 0.494 e. The second-order valence-corrected chi connectivity index (χ2v) is 11.2. The summed E-state index contributed by atoms with van der Waals surface area (Å²) >= 11 is 0. The first-order valence-corrected chi connectivity index (χ1v) is 12.7. The summed E-state index contributed by atoms with van der Waals surface area (Å²) in [6.07, 6.45) is 8.36. The maximum atomic E-state index is 13.6. The molecule has 0 bridgehead atoms. The summed E-state index contributed by atoms with van der Waals surface area (Å²) in [6.45, 7) is 2.76. The van der Waals surface area contributed by atoms with Gasteiger partial charge < -0.3 is 25.2 Å². The molecule has 1 saturated carbocycles. The fraction of sp³-hybridized carbons (Fsp3) is 0.500. The van der Waals surface area contributed by atoms with E-state index in [0.29, 0.717) is 12.6 Å². The molecule has 1 spiro atoms. The Morgan fingerprint density at radius 3 is 2.67 bits per heavy atom. The van der Waals surface area contributed by atoms with Gasteiger partial charge in [0, 0.05) is 44.2 Å². The van der Waals surface area contributed by atoms with Crippen molar-refractivity contribution in [3.05, 3.63) is 35.8 Å². The minimum Gasteiger partial charge on any atom is -0.494 e. The van der Waals surface area contributed by atoms with Crippen molar-refractivity contribution in [3.8, 4) is 5.75 Å². The number of benzene rings is 1. The molecule has 2 N–H and O–H groups in total. The number of allylic oxidation sites excluding steroid dienone is 1. The van der Waals surface area contributed by atoms with Gasteiger partial charge in [-0.25, -0.2) is 4.98 Å². The SMILES string of the molecule is COc1cc(Nc2nc3c(c(N(C)C)n2)S(=O)C2(CCCCC2)C3)ccc1N1C=C(C)NC1. The number of aromatic nitrogens is 2. The summed E-state index contributed by atoms with van der Waals surface area (Å²) in [5.41, 5.74) is 3.88. The molecule has 1 aromatic carbocycles. The van der Waals surface area contributed by atoms with Crippen LogP contribution in [0.1, 0.15) is 44.7 Å². The smallest absolute Gasteiger partial charge is 0.229 e. The predicted molar refractivity (Wildman–Crippen MR) is 133 cm³/mol. The van der Waals surface area contributed by atoms with E-state index in [4.69, 9.17) is 14.7 Å². The number of nitrogens with zero attached hydrogens (tertiary/aromatic N) is 4. The fourth-order valence-corrected chi connectivity index (χ4v) is 7.20. The zero-order valence-corrected chi connectivity index (χ0v) is 20.6. The number of ether oxygens (including phenoxy) is 1. The van der Waals surface area contributed by atoms with Crippen LogP contribution in [0.4, 0.5) is 23.1 Å². The number of methoxy groups -OCH3 is 1. The summed E-state index contributed by atoms with van der Waals surface area (Å²) in [4.78, 5) is 14.5. The zero-order valence-electron chi connectivity index (χ0n) is 19.8. The number of rotatable bonds is 5. The Kier molecular flexibility index (Phi) is 5.68. The van der Waals surface area contributed by atoms with Crippen molar-refractivity contribution >= 4 is 33.9 Å². The van der Waals surface area contributed by atoms with Gasteiger partial charge in [-0.1, -0.05) is 19.3 Å². The standard InChI is InChI=1S/C24H32N6O2S/c1-16-14-30(15-25-16)19-9-8-17(12-20(19)32-4)26-23-27-18-13-24(10-6-5-7-11-24)33(31)21(18)22(28-23)29(2)3/h8-9,12,14,25H,5-7,10-11,13,15H2,1-4H3,(H,26,27,28). The third-order valence-corrected chi connectivity index (χ3v) is 8.93. The molecule has 1 unspecified atom stereocenters. The quantitative estimate of drug-likeness (QED) is 0.684. The van der Waals surface area contributed by atoms with Crippen molar-refractivity contribution in [2.45, 2.75) is 55.1 Å². The Labute approximate surface area is 197 Å². The van der Waals surface area contributed by atoms with Gasteiger partial charge in [0.15, 0.2) is 0 Å². The summed E-state index contributed by atoms with van der Waals surface area (Å²) in [6, 6.07) is 6.00. The molecule has 1 atom stereocenters. The highest BCUT2D eigenvalue weighted by Crippen LogP contribution is 2.47. The number of hydrogen-bond acceptors (Lipinski definition) is 8. The molecule has 1 aliphatic carbocycles. The first-order chi connectivity index (χ1) is 15.9. The lowest BCUT2D eigenvalue weighted by molar-refractivity contribution is 0.390. The van der Waals surface area contributed by atoms with Crippen molar-refractivity contribution in [2.75, 3.05) is 43.0 Å². The molecular formula is C24H32N6O2S. The van der Waals surface area contributed by atoms with E-state index >= 15 is 0 Å². The van der Waals surface area contributed by atoms with Gasteiger partial charge in [-0.3, -0.25) is 4.21 Å². The third kappa shape index (κ3) is 3.92. The van der Waals surface area contributed by atoms with Crippen LogP contribution >= 0.6 is 0 Å². The molecule has 3 aliphatic rings. The molecule has 176 valence electrons. The van der Waals surface area contributed by atoms with E-state index in [-0.39, 0.29) is 4.75 Å². The molecule has 1 fully saturated rings. The molecular weight excluding hydrogens is 436 g/mol. The van der Waals surface area contributed by atoms with E-state index in [9.17, 15) is 4.21 Å². The highest BCUT2D eigenvalue weighted by Gasteiger charge is 2.47. The van der Waals surface area contributed by atoms with Gasteiger partial charge >= 0.3 is 0 Å². The van der Waals surface area contributed by atoms with Crippen LogP contribution in [-0.2, 0) is 17.2 Å². The number of hydrogen-bond donors (Lipinski definition) is 2. The van der Waals surface area contributed by atoms with Crippen LogP contribution in [0.5, 0.6) is 5.75 Å². The minimum absolute atomic E-state index is 0.168. The Hall–Kier alpha value is -2.81. The third-order valence-electron chi connectivity index (χ3n) is 6.80. The molecule has 2 aromatic rings. The molecule has 5 rings (SSSR count). The second-order valence-electron chi connectivity index (χ2n) is 9.36. The molecule has 2 aliphatic heterocycles. The monoisotopic (exact) mass is 468 g/mol. The van der Waals surface area contributed by atoms with Crippen molar-refractivity contribution in [1.82, 2.24) is 15.3 Å². The van der Waals surface area contributed by atoms with Crippen molar-refractivity contribution in [2.24, 2.45) is 0 Å². The van der Waals surface area contributed by atoms with Crippen LogP contribution in [0.15, 0.2) is 35.0 Å². The van der Waals surface area contributed by atoms with Crippen LogP contribution in [0, 0.1) is 0 Å². The van der Waals surface area contributed by atoms with Crippen LogP contribution in [0.3, 0.4) is 0 Å². The first-order valence-electron chi connectivity index (χ1n) is 11.5. The molecule has 3 heterocycles. The van der Waals surface area contributed by atoms with E-state index in [1.807, 2.05) is 44.1 Å². The molecule has 33 heavy (non-hydrogen) atoms. The van der Waals surface area contributed by atoms with Gasteiger partial charge in [0.05, 0.1) is 40.7 Å². The van der Waals surface area contributed by atoms with E-state index in [2.05, 4.69) is 21.7 Å². The Balaban J connectivity index is 1.46. The van der Waals surface area contributed by atoms with Crippen molar-refractivity contribution < 1.29 is 8.95 Å². The predicted octanol–water partition coefficient (Wildman–Crippen LogP) is 3.89. The van der Waals surface area contributed by atoms with Gasteiger partial charge in [-0.05, 0) is 31.9 Å². The number of anilines is 4. The molecule has 8 nitrogen and oxygen atoms in total. The number of nitrogens with one attached hydrogen (secondary N) is 2. The van der Waals surface area contributed by atoms with Gasteiger partial charge in [0.1, 0.15) is 16.5 Å². The molecule has 1 aromatic heterocycles. The first kappa shape index (κ1) is 22.0. The fourth-order valence-electron chi connectivity index (χ4n) is 5.11. The number of fused-ring (bicyclic) bond motifs is 1. The summed E-state index contributed by atoms with van der Waals surface area (Å²) in [5.74, 6) is 2.04. The van der Waals surface area contributed by atoms with Gasteiger partial charge in [0.25, 0.3) is 0 Å². The van der Waals surface area contributed by atoms with Crippen LogP contribution in [0.25, 0.3) is 0 Å². The maximum Gasteiger partial charge on any atom is 0.229 e. The van der Waals surface area contributed by atoms with Gasteiger partial charge in [0.2, 0.25) is 5.95 Å². The average molecular weight is 469 g/mol. The van der Waals surface area contributed by atoms with E-state index in [1.165, 1.54) is 6.42 Å². The highest BCUT2D eigenvalue weighted by molar-refractivity contribution is 7.87. The lowest BCUT2D eigenvalue weighted by atomic mass is 9.85. The highest BCUT2D eigenvalue weighted by atomic mass is 32.2. The molecule has 9 heteroatoms. The van der Waals surface area contributed by atoms with E-state index in [0.717, 1.165) is 71.3 Å². The van der Waals surface area contributed by atoms with E-state index in [1.54, 1.807) is 7.11 Å². The molecule has 0 radical (unpaired) electrons. The summed E-state index contributed by atoms with van der Waals surface area (Å²) < 4.78 is 19.1. The lowest BCUT2D eigenvalue weighted by Gasteiger charge is -2.31. The Morgan fingerprint density at radius 2 is 2.00 bits per heavy atom. The van der Waals surface area contributed by atoms with Gasteiger partial charge in [-0.2, -0.15) is 4.98 Å². The van der Waals surface area contributed by atoms with Crippen LogP contribution < -0.4 is 25.2 Å². The normalized spacial score (nSPS) is 20.9. The Morgan fingerprint density at radius 1 is 1.21 bits per heavy atom. The van der Waals surface area contributed by atoms with E-state index < -0.39 is 10.8 Å². The van der Waals surface area contributed by atoms with Gasteiger partial charge in [-0.15, -0.1) is 0 Å². The minimum atomic E-state index is -1.07. The topological polar surface area (TPSA) is 82.6 Å². The van der Waals surface area contributed by atoms with Crippen molar-refractivity contribution in [1.29, 1.82) is 0 Å². The molecule has 0 saturated heterocycles. The van der Waals surface area contributed by atoms with Crippen molar-refractivity contribution in [3.63, 3.8) is 0 Å². The van der Waals surface area contributed by atoms with Crippen LogP contribution in [0.2, 0.25) is 0 Å². The summed E-state index contributed by atoms with van der Waals surface area (Å²) in [7, 11) is 4.51. The maximum absolute atomic E-state index is 13.6. The Bertz CT molecular complexity index is 1130.